The molecule has 8 heteroatoms. The lowest BCUT2D eigenvalue weighted by Crippen LogP contribution is -2.30. The number of rotatable bonds is 8. The van der Waals surface area contributed by atoms with E-state index in [1.165, 1.54) is 14.2 Å². The van der Waals surface area contributed by atoms with Crippen LogP contribution in [0, 0.1) is 0 Å². The van der Waals surface area contributed by atoms with Crippen molar-refractivity contribution in [2.75, 3.05) is 14.2 Å². The van der Waals surface area contributed by atoms with Crippen LogP contribution in [0.3, 0.4) is 0 Å². The fourth-order valence-corrected chi connectivity index (χ4v) is 2.42. The number of hydrogen-bond acceptors (Lipinski definition) is 6. The largest absolute Gasteiger partial charge is 0.497 e. The molecule has 1 unspecified atom stereocenters. The molecular formula is C18H22N2O6. The molecular weight excluding hydrogens is 340 g/mol. The molecule has 8 nitrogen and oxygen atoms in total. The Hall–Kier alpha value is -3.03. The van der Waals surface area contributed by atoms with Crippen LogP contribution < -0.4 is 14.8 Å². The summed E-state index contributed by atoms with van der Waals surface area (Å²) in [6, 6.07) is 5.69. The molecule has 0 bridgehead atoms. The second kappa shape index (κ2) is 8.37. The van der Waals surface area contributed by atoms with Crippen molar-refractivity contribution >= 4 is 11.9 Å². The molecule has 0 aliphatic carbocycles. The number of carboxylic acid groups (broad SMARTS) is 1. The molecule has 0 saturated carbocycles. The van der Waals surface area contributed by atoms with Gasteiger partial charge >= 0.3 is 5.97 Å². The lowest BCUT2D eigenvalue weighted by atomic mass is 10.0. The first kappa shape index (κ1) is 19.3. The highest BCUT2D eigenvalue weighted by Crippen LogP contribution is 2.31. The molecule has 26 heavy (non-hydrogen) atoms. The molecule has 1 amide bonds. The summed E-state index contributed by atoms with van der Waals surface area (Å²) >= 11 is 0. The molecule has 0 spiro atoms. The van der Waals surface area contributed by atoms with E-state index in [0.29, 0.717) is 22.8 Å². The van der Waals surface area contributed by atoms with Crippen LogP contribution in [0.15, 0.2) is 28.8 Å². The molecule has 2 aromatic rings. The van der Waals surface area contributed by atoms with Gasteiger partial charge in [0.15, 0.2) is 0 Å². The molecule has 0 fully saturated rings. The summed E-state index contributed by atoms with van der Waals surface area (Å²) in [7, 11) is 2.98. The average Bonchev–Trinajstić information content (AvgIpc) is 3.10. The molecule has 1 atom stereocenters. The van der Waals surface area contributed by atoms with E-state index in [1.807, 2.05) is 13.8 Å². The summed E-state index contributed by atoms with van der Waals surface area (Å²) in [5.74, 6) is -0.505. The summed E-state index contributed by atoms with van der Waals surface area (Å²) in [6.07, 6.45) is -0.320. The van der Waals surface area contributed by atoms with Crippen LogP contribution in [0.1, 0.15) is 54.0 Å². The molecule has 1 heterocycles. The minimum Gasteiger partial charge on any atom is -0.497 e. The van der Waals surface area contributed by atoms with Gasteiger partial charge in [0.1, 0.15) is 11.5 Å². The van der Waals surface area contributed by atoms with Crippen LogP contribution >= 0.6 is 0 Å². The second-order valence-electron chi connectivity index (χ2n) is 6.00. The highest BCUT2D eigenvalue weighted by atomic mass is 16.5. The maximum absolute atomic E-state index is 12.5. The number of benzene rings is 1. The maximum atomic E-state index is 12.5. The molecule has 0 saturated heterocycles. The minimum atomic E-state index is -1.06. The van der Waals surface area contributed by atoms with Crippen molar-refractivity contribution in [1.29, 1.82) is 0 Å². The zero-order chi connectivity index (χ0) is 19.3. The second-order valence-corrected chi connectivity index (χ2v) is 6.00. The van der Waals surface area contributed by atoms with Gasteiger partial charge in [-0.25, -0.2) is 0 Å². The number of aromatic nitrogens is 1. The lowest BCUT2D eigenvalue weighted by Gasteiger charge is -2.19. The first-order chi connectivity index (χ1) is 12.3. The highest BCUT2D eigenvalue weighted by molar-refractivity contribution is 5.92. The summed E-state index contributed by atoms with van der Waals surface area (Å²) in [5, 5.41) is 15.7. The van der Waals surface area contributed by atoms with Crippen molar-refractivity contribution in [3.05, 3.63) is 41.3 Å². The normalized spacial score (nSPS) is 11.9. The van der Waals surface area contributed by atoms with Crippen molar-refractivity contribution in [2.45, 2.75) is 32.2 Å². The van der Waals surface area contributed by atoms with Crippen LogP contribution in [0.25, 0.3) is 0 Å². The first-order valence-electron chi connectivity index (χ1n) is 8.06. The SMILES string of the molecule is COc1ccc(C(CC(=O)O)NC(=O)c2cc(C(C)C)no2)c(OC)c1. The smallest absolute Gasteiger partial charge is 0.305 e. The van der Waals surface area contributed by atoms with E-state index in [-0.39, 0.29) is 18.1 Å². The molecule has 1 aromatic carbocycles. The average molecular weight is 362 g/mol. The summed E-state index contributed by atoms with van der Waals surface area (Å²) in [4.78, 5) is 23.7. The Balaban J connectivity index is 2.29. The third-order valence-corrected chi connectivity index (χ3v) is 3.84. The first-order valence-corrected chi connectivity index (χ1v) is 8.06. The monoisotopic (exact) mass is 362 g/mol. The number of ether oxygens (including phenoxy) is 2. The van der Waals surface area contributed by atoms with Crippen LogP contribution in [0.4, 0.5) is 0 Å². The Bertz CT molecular complexity index is 784. The Kier molecular flexibility index (Phi) is 6.21. The number of carbonyl (C=O) groups is 2. The minimum absolute atomic E-state index is 0.0246. The number of carboxylic acids is 1. The number of nitrogens with zero attached hydrogens (tertiary/aromatic N) is 1. The van der Waals surface area contributed by atoms with Crippen LogP contribution in [-0.4, -0.2) is 36.4 Å². The van der Waals surface area contributed by atoms with Gasteiger partial charge in [-0.2, -0.15) is 0 Å². The van der Waals surface area contributed by atoms with Gasteiger partial charge in [0, 0.05) is 17.7 Å². The molecule has 0 aliphatic heterocycles. The quantitative estimate of drug-likeness (QED) is 0.743. The Morgan fingerprint density at radius 3 is 2.50 bits per heavy atom. The van der Waals surface area contributed by atoms with Crippen molar-refractivity contribution in [3.63, 3.8) is 0 Å². The summed E-state index contributed by atoms with van der Waals surface area (Å²) in [5.41, 5.74) is 1.17. The van der Waals surface area contributed by atoms with Gasteiger partial charge in [0.2, 0.25) is 5.76 Å². The zero-order valence-corrected chi connectivity index (χ0v) is 15.1. The number of amides is 1. The van der Waals surface area contributed by atoms with E-state index in [9.17, 15) is 14.7 Å². The maximum Gasteiger partial charge on any atom is 0.305 e. The number of hydrogen-bond donors (Lipinski definition) is 2. The predicted octanol–water partition coefficient (Wildman–Crippen LogP) is 2.76. The lowest BCUT2D eigenvalue weighted by molar-refractivity contribution is -0.137. The van der Waals surface area contributed by atoms with Crippen molar-refractivity contribution < 1.29 is 28.7 Å². The Morgan fingerprint density at radius 1 is 1.23 bits per heavy atom. The topological polar surface area (TPSA) is 111 Å². The number of aliphatic carboxylic acids is 1. The number of nitrogens with one attached hydrogen (secondary N) is 1. The third kappa shape index (κ3) is 4.53. The van der Waals surface area contributed by atoms with Crippen molar-refractivity contribution in [3.8, 4) is 11.5 Å². The van der Waals surface area contributed by atoms with Gasteiger partial charge in [-0.1, -0.05) is 19.0 Å². The third-order valence-electron chi connectivity index (χ3n) is 3.84. The summed E-state index contributed by atoms with van der Waals surface area (Å²) < 4.78 is 15.5. The molecule has 1 aromatic heterocycles. The fraction of sp³-hybridized carbons (Fsp3) is 0.389. The predicted molar refractivity (Wildman–Crippen MR) is 92.6 cm³/mol. The van der Waals surface area contributed by atoms with Gasteiger partial charge < -0.3 is 24.4 Å². The molecule has 140 valence electrons. The van der Waals surface area contributed by atoms with Crippen molar-refractivity contribution in [2.24, 2.45) is 0 Å². The van der Waals surface area contributed by atoms with Gasteiger partial charge in [-0.15, -0.1) is 0 Å². The van der Waals surface area contributed by atoms with Gasteiger partial charge in [-0.3, -0.25) is 9.59 Å². The zero-order valence-electron chi connectivity index (χ0n) is 15.1. The van der Waals surface area contributed by atoms with Crippen LogP contribution in [0.2, 0.25) is 0 Å². The number of methoxy groups -OCH3 is 2. The Morgan fingerprint density at radius 2 is 1.96 bits per heavy atom. The van der Waals surface area contributed by atoms with E-state index in [1.54, 1.807) is 24.3 Å². The molecule has 2 rings (SSSR count). The number of carbonyl (C=O) groups excluding carboxylic acids is 1. The fourth-order valence-electron chi connectivity index (χ4n) is 2.42. The summed E-state index contributed by atoms with van der Waals surface area (Å²) in [6.45, 7) is 3.85. The van der Waals surface area contributed by atoms with Gasteiger partial charge in [0.05, 0.1) is 32.4 Å². The van der Waals surface area contributed by atoms with Crippen LogP contribution in [0.5, 0.6) is 11.5 Å². The Labute approximate surface area is 151 Å². The van der Waals surface area contributed by atoms with Gasteiger partial charge in [0.25, 0.3) is 5.91 Å². The van der Waals surface area contributed by atoms with Crippen molar-refractivity contribution in [1.82, 2.24) is 10.5 Å². The molecule has 0 radical (unpaired) electrons. The van der Waals surface area contributed by atoms with E-state index in [0.717, 1.165) is 0 Å². The van der Waals surface area contributed by atoms with Gasteiger partial charge in [-0.05, 0) is 18.1 Å². The van der Waals surface area contributed by atoms with E-state index in [4.69, 9.17) is 14.0 Å². The van der Waals surface area contributed by atoms with Crippen LogP contribution in [-0.2, 0) is 4.79 Å². The van der Waals surface area contributed by atoms with E-state index in [2.05, 4.69) is 10.5 Å². The van der Waals surface area contributed by atoms with E-state index >= 15 is 0 Å². The standard InChI is InChI=1S/C18H22N2O6/c1-10(2)13-8-16(26-20-13)18(23)19-14(9-17(21)22)12-6-5-11(24-3)7-15(12)25-4/h5-8,10,14H,9H2,1-4H3,(H,19,23)(H,21,22). The molecule has 0 aliphatic rings. The molecule has 2 N–H and O–H groups in total. The van der Waals surface area contributed by atoms with E-state index < -0.39 is 17.9 Å². The highest BCUT2D eigenvalue weighted by Gasteiger charge is 2.24.